The van der Waals surface area contributed by atoms with E-state index in [-0.39, 0.29) is 0 Å². The van der Waals surface area contributed by atoms with Gasteiger partial charge in [-0.15, -0.1) is 0 Å². The fourth-order valence-corrected chi connectivity index (χ4v) is 1.72. The molecule has 0 fully saturated rings. The number of para-hydroxylation sites is 1. The number of aliphatic hydroxyl groups excluding tert-OH is 1. The molecule has 3 nitrogen and oxygen atoms in total. The summed E-state index contributed by atoms with van der Waals surface area (Å²) in [5.41, 5.74) is 1.83. The Morgan fingerprint density at radius 2 is 2.06 bits per heavy atom. The van der Waals surface area contributed by atoms with Crippen LogP contribution in [0.15, 0.2) is 36.5 Å². The van der Waals surface area contributed by atoms with Crippen molar-refractivity contribution in [1.82, 2.24) is 9.88 Å². The van der Waals surface area contributed by atoms with E-state index in [1.807, 2.05) is 49.3 Å². The number of fused-ring (bicyclic) bond motifs is 1. The highest BCUT2D eigenvalue weighted by atomic mass is 16.3. The van der Waals surface area contributed by atoms with Crippen molar-refractivity contribution >= 4 is 10.9 Å². The molecule has 3 heteroatoms. The van der Waals surface area contributed by atoms with Crippen LogP contribution in [0.25, 0.3) is 10.9 Å². The predicted molar refractivity (Wildman–Crippen MR) is 65.3 cm³/mol. The van der Waals surface area contributed by atoms with Gasteiger partial charge in [0.2, 0.25) is 0 Å². The summed E-state index contributed by atoms with van der Waals surface area (Å²) in [6, 6.07) is 9.92. The second-order valence-electron chi connectivity index (χ2n) is 4.24. The molecule has 1 aromatic heterocycles. The summed E-state index contributed by atoms with van der Waals surface area (Å²) in [4.78, 5) is 6.29. The van der Waals surface area contributed by atoms with E-state index in [1.165, 1.54) is 0 Å². The van der Waals surface area contributed by atoms with Crippen molar-refractivity contribution in [2.75, 3.05) is 20.6 Å². The van der Waals surface area contributed by atoms with Crippen LogP contribution in [0.1, 0.15) is 11.7 Å². The maximum absolute atomic E-state index is 9.97. The second kappa shape index (κ2) is 4.60. The van der Waals surface area contributed by atoms with Crippen molar-refractivity contribution in [1.29, 1.82) is 0 Å². The summed E-state index contributed by atoms with van der Waals surface area (Å²) < 4.78 is 0. The van der Waals surface area contributed by atoms with E-state index >= 15 is 0 Å². The number of hydrogen-bond acceptors (Lipinski definition) is 3. The maximum Gasteiger partial charge on any atom is 0.0931 e. The van der Waals surface area contributed by atoms with Crippen LogP contribution in [0.3, 0.4) is 0 Å². The van der Waals surface area contributed by atoms with Crippen molar-refractivity contribution in [2.24, 2.45) is 0 Å². The molecular formula is C13H16N2O. The molecule has 0 aliphatic heterocycles. The Bertz CT molecular complexity index is 482. The second-order valence-corrected chi connectivity index (χ2v) is 4.24. The molecule has 1 atom stereocenters. The van der Waals surface area contributed by atoms with Gasteiger partial charge in [0.15, 0.2) is 0 Å². The quantitative estimate of drug-likeness (QED) is 0.850. The summed E-state index contributed by atoms with van der Waals surface area (Å²) in [6.45, 7) is 0.611. The highest BCUT2D eigenvalue weighted by Gasteiger charge is 2.09. The van der Waals surface area contributed by atoms with Crippen LogP contribution < -0.4 is 0 Å². The minimum absolute atomic E-state index is 0.480. The first-order valence-electron chi connectivity index (χ1n) is 5.34. The first-order chi connectivity index (χ1) is 7.66. The van der Waals surface area contributed by atoms with E-state index in [2.05, 4.69) is 4.98 Å². The zero-order valence-electron chi connectivity index (χ0n) is 9.59. The molecule has 0 radical (unpaired) electrons. The Morgan fingerprint density at radius 3 is 2.81 bits per heavy atom. The molecule has 0 bridgehead atoms. The molecule has 0 spiro atoms. The van der Waals surface area contributed by atoms with E-state index < -0.39 is 6.10 Å². The number of benzene rings is 1. The Morgan fingerprint density at radius 1 is 1.31 bits per heavy atom. The van der Waals surface area contributed by atoms with Gasteiger partial charge in [-0.1, -0.05) is 18.2 Å². The smallest absolute Gasteiger partial charge is 0.0931 e. The van der Waals surface area contributed by atoms with Gasteiger partial charge in [0.05, 0.1) is 11.6 Å². The molecule has 2 aromatic rings. The molecule has 0 amide bonds. The van der Waals surface area contributed by atoms with E-state index in [9.17, 15) is 5.11 Å². The third-order valence-corrected chi connectivity index (χ3v) is 2.53. The van der Waals surface area contributed by atoms with Crippen molar-refractivity contribution in [3.63, 3.8) is 0 Å². The summed E-state index contributed by atoms with van der Waals surface area (Å²) >= 11 is 0. The standard InChI is InChI=1S/C13H16N2O/c1-15(2)9-13(16)11-7-10-5-3-4-6-12(10)14-8-11/h3-8,13,16H,9H2,1-2H3. The van der Waals surface area contributed by atoms with Gasteiger partial charge in [-0.25, -0.2) is 0 Å². The number of pyridine rings is 1. The average molecular weight is 216 g/mol. The lowest BCUT2D eigenvalue weighted by Crippen LogP contribution is -2.20. The van der Waals surface area contributed by atoms with Crippen LogP contribution in [0, 0.1) is 0 Å². The van der Waals surface area contributed by atoms with Crippen LogP contribution in [0.2, 0.25) is 0 Å². The molecule has 0 aliphatic rings. The minimum Gasteiger partial charge on any atom is -0.387 e. The lowest BCUT2D eigenvalue weighted by molar-refractivity contribution is 0.138. The summed E-state index contributed by atoms with van der Waals surface area (Å²) in [5.74, 6) is 0. The SMILES string of the molecule is CN(C)CC(O)c1cnc2ccccc2c1. The zero-order chi connectivity index (χ0) is 11.5. The monoisotopic (exact) mass is 216 g/mol. The Hall–Kier alpha value is -1.45. The van der Waals surface area contributed by atoms with Crippen molar-refractivity contribution in [2.45, 2.75) is 6.10 Å². The lowest BCUT2D eigenvalue weighted by Gasteiger charge is -2.16. The molecule has 84 valence electrons. The third kappa shape index (κ3) is 2.38. The Balaban J connectivity index is 2.32. The van der Waals surface area contributed by atoms with Gasteiger partial charge in [-0.2, -0.15) is 0 Å². The first kappa shape index (κ1) is 11.0. The molecule has 2 rings (SSSR count). The summed E-state index contributed by atoms with van der Waals surface area (Å²) in [5, 5.41) is 11.0. The first-order valence-corrected chi connectivity index (χ1v) is 5.34. The van der Waals surface area contributed by atoms with E-state index in [4.69, 9.17) is 0 Å². The number of aliphatic hydroxyl groups is 1. The van der Waals surface area contributed by atoms with Gasteiger partial charge in [0.1, 0.15) is 0 Å². The van der Waals surface area contributed by atoms with Gasteiger partial charge in [-0.05, 0) is 26.2 Å². The van der Waals surface area contributed by atoms with Gasteiger partial charge >= 0.3 is 0 Å². The zero-order valence-corrected chi connectivity index (χ0v) is 9.59. The lowest BCUT2D eigenvalue weighted by atomic mass is 10.1. The van der Waals surface area contributed by atoms with Crippen LogP contribution in [0.5, 0.6) is 0 Å². The molecule has 16 heavy (non-hydrogen) atoms. The number of hydrogen-bond donors (Lipinski definition) is 1. The summed E-state index contributed by atoms with van der Waals surface area (Å²) in [6.07, 6.45) is 1.27. The fraction of sp³-hybridized carbons (Fsp3) is 0.308. The normalized spacial score (nSPS) is 13.2. The Labute approximate surface area is 95.3 Å². The molecule has 1 unspecified atom stereocenters. The summed E-state index contributed by atoms with van der Waals surface area (Å²) in [7, 11) is 3.88. The van der Waals surface area contributed by atoms with E-state index in [0.29, 0.717) is 6.54 Å². The number of nitrogens with zero attached hydrogens (tertiary/aromatic N) is 2. The highest BCUT2D eigenvalue weighted by Crippen LogP contribution is 2.18. The largest absolute Gasteiger partial charge is 0.387 e. The van der Waals surface area contributed by atoms with Crippen molar-refractivity contribution in [3.05, 3.63) is 42.1 Å². The topological polar surface area (TPSA) is 36.4 Å². The minimum atomic E-state index is -0.480. The van der Waals surface area contributed by atoms with E-state index in [0.717, 1.165) is 16.5 Å². The molecule has 1 aromatic carbocycles. The molecule has 1 N–H and O–H groups in total. The maximum atomic E-state index is 9.97. The van der Waals surface area contributed by atoms with Gasteiger partial charge in [-0.3, -0.25) is 4.98 Å². The molecule has 1 heterocycles. The molecular weight excluding hydrogens is 200 g/mol. The van der Waals surface area contributed by atoms with Crippen molar-refractivity contribution in [3.8, 4) is 0 Å². The number of aromatic nitrogens is 1. The predicted octanol–water partition coefficient (Wildman–Crippen LogP) is 1.83. The van der Waals surface area contributed by atoms with Crippen LogP contribution >= 0.6 is 0 Å². The van der Waals surface area contributed by atoms with E-state index in [1.54, 1.807) is 6.20 Å². The molecule has 0 saturated heterocycles. The number of rotatable bonds is 3. The third-order valence-electron chi connectivity index (χ3n) is 2.53. The molecule has 0 aliphatic carbocycles. The van der Waals surface area contributed by atoms with Gasteiger partial charge in [0.25, 0.3) is 0 Å². The highest BCUT2D eigenvalue weighted by molar-refractivity contribution is 5.78. The fourth-order valence-electron chi connectivity index (χ4n) is 1.72. The van der Waals surface area contributed by atoms with Crippen LogP contribution in [0.4, 0.5) is 0 Å². The van der Waals surface area contributed by atoms with Gasteiger partial charge < -0.3 is 10.0 Å². The Kier molecular flexibility index (Phi) is 3.17. The molecule has 0 saturated carbocycles. The van der Waals surface area contributed by atoms with Gasteiger partial charge in [0, 0.05) is 23.7 Å². The van der Waals surface area contributed by atoms with Crippen LogP contribution in [-0.2, 0) is 0 Å². The van der Waals surface area contributed by atoms with Crippen LogP contribution in [-0.4, -0.2) is 35.6 Å². The van der Waals surface area contributed by atoms with Crippen molar-refractivity contribution < 1.29 is 5.11 Å². The average Bonchev–Trinajstić information content (AvgIpc) is 2.27. The number of likely N-dealkylation sites (N-methyl/N-ethyl adjacent to an activating group) is 1.